The van der Waals surface area contributed by atoms with Crippen LogP contribution in [0.4, 0.5) is 4.39 Å². The van der Waals surface area contributed by atoms with Crippen molar-refractivity contribution in [3.63, 3.8) is 0 Å². The molecule has 1 unspecified atom stereocenters. The number of thiophene rings is 1. The molecule has 2 nitrogen and oxygen atoms in total. The Labute approximate surface area is 125 Å². The van der Waals surface area contributed by atoms with E-state index in [0.29, 0.717) is 6.61 Å². The van der Waals surface area contributed by atoms with Gasteiger partial charge in [-0.25, -0.2) is 4.39 Å². The van der Waals surface area contributed by atoms with E-state index in [0.717, 1.165) is 38.3 Å². The van der Waals surface area contributed by atoms with Gasteiger partial charge < -0.3 is 9.84 Å². The molecule has 0 fully saturated rings. The molecule has 4 rings (SSSR count). The monoisotopic (exact) mass is 300 g/mol. The number of fused-ring (bicyclic) bond motifs is 2. The highest BCUT2D eigenvalue weighted by Crippen LogP contribution is 2.35. The van der Waals surface area contributed by atoms with Crippen molar-refractivity contribution in [3.8, 4) is 5.75 Å². The minimum absolute atomic E-state index is 0.254. The van der Waals surface area contributed by atoms with Gasteiger partial charge in [0.15, 0.2) is 0 Å². The largest absolute Gasteiger partial charge is 0.493 e. The summed E-state index contributed by atoms with van der Waals surface area (Å²) in [7, 11) is 0. The van der Waals surface area contributed by atoms with Gasteiger partial charge in [-0.15, -0.1) is 11.3 Å². The fraction of sp³-hybridized carbons (Fsp3) is 0.176. The van der Waals surface area contributed by atoms with Crippen molar-refractivity contribution in [2.75, 3.05) is 6.61 Å². The van der Waals surface area contributed by atoms with Gasteiger partial charge in [-0.2, -0.15) is 0 Å². The zero-order valence-corrected chi connectivity index (χ0v) is 12.0. The molecule has 1 aliphatic heterocycles. The van der Waals surface area contributed by atoms with Gasteiger partial charge in [0.25, 0.3) is 0 Å². The van der Waals surface area contributed by atoms with E-state index in [1.54, 1.807) is 6.07 Å². The third kappa shape index (κ3) is 2.20. The number of benzene rings is 2. The van der Waals surface area contributed by atoms with Crippen LogP contribution < -0.4 is 4.74 Å². The molecular weight excluding hydrogens is 287 g/mol. The highest BCUT2D eigenvalue weighted by Gasteiger charge is 2.18. The predicted molar refractivity (Wildman–Crippen MR) is 81.5 cm³/mol. The van der Waals surface area contributed by atoms with Gasteiger partial charge in [0.2, 0.25) is 0 Å². The van der Waals surface area contributed by atoms with Gasteiger partial charge >= 0.3 is 0 Å². The Morgan fingerprint density at radius 2 is 2.05 bits per heavy atom. The minimum Gasteiger partial charge on any atom is -0.493 e. The van der Waals surface area contributed by atoms with Crippen molar-refractivity contribution in [2.45, 2.75) is 12.5 Å². The summed E-state index contributed by atoms with van der Waals surface area (Å²) in [4.78, 5) is 0.828. The molecule has 0 saturated carbocycles. The van der Waals surface area contributed by atoms with E-state index in [4.69, 9.17) is 4.74 Å². The normalized spacial score (nSPS) is 15.0. The molecule has 1 aromatic heterocycles. The number of hydrogen-bond acceptors (Lipinski definition) is 3. The van der Waals surface area contributed by atoms with Crippen molar-refractivity contribution in [1.29, 1.82) is 0 Å². The molecule has 0 aliphatic carbocycles. The van der Waals surface area contributed by atoms with Crippen LogP contribution in [-0.2, 0) is 6.42 Å². The summed E-state index contributed by atoms with van der Waals surface area (Å²) in [5, 5.41) is 11.4. The zero-order chi connectivity index (χ0) is 14.4. The van der Waals surface area contributed by atoms with Crippen LogP contribution >= 0.6 is 11.3 Å². The molecule has 3 aromatic rings. The topological polar surface area (TPSA) is 29.5 Å². The number of aliphatic hydroxyl groups is 1. The molecule has 2 aromatic carbocycles. The molecule has 21 heavy (non-hydrogen) atoms. The smallest absolute Gasteiger partial charge is 0.123 e. The number of ether oxygens (including phenoxy) is 1. The highest BCUT2D eigenvalue weighted by molar-refractivity contribution is 7.19. The maximum absolute atomic E-state index is 13.2. The fourth-order valence-electron chi connectivity index (χ4n) is 2.71. The standard InChI is InChI=1S/C17H13FO2S/c18-13-2-4-15-12(8-13)9-16(21-15)17(19)11-1-3-14-10(7-11)5-6-20-14/h1-4,7-9,17,19H,5-6H2. The van der Waals surface area contributed by atoms with Crippen molar-refractivity contribution in [1.82, 2.24) is 0 Å². The SMILES string of the molecule is OC(c1ccc2c(c1)CCO2)c1cc2cc(F)ccc2s1. The van der Waals surface area contributed by atoms with Gasteiger partial charge in [0.1, 0.15) is 17.7 Å². The summed E-state index contributed by atoms with van der Waals surface area (Å²) in [5.74, 6) is 0.653. The maximum atomic E-state index is 13.2. The van der Waals surface area contributed by atoms with Crippen molar-refractivity contribution >= 4 is 21.4 Å². The number of rotatable bonds is 2. The number of halogens is 1. The summed E-state index contributed by atoms with van der Waals surface area (Å²) in [6, 6.07) is 12.4. The van der Waals surface area contributed by atoms with Crippen molar-refractivity contribution in [2.24, 2.45) is 0 Å². The van der Waals surface area contributed by atoms with Crippen molar-refractivity contribution < 1.29 is 14.2 Å². The van der Waals surface area contributed by atoms with E-state index in [1.165, 1.54) is 23.5 Å². The van der Waals surface area contributed by atoms with E-state index in [2.05, 4.69) is 0 Å². The summed E-state index contributed by atoms with van der Waals surface area (Å²) >= 11 is 1.49. The second kappa shape index (κ2) is 4.83. The second-order valence-corrected chi connectivity index (χ2v) is 6.31. The average molecular weight is 300 g/mol. The van der Waals surface area contributed by atoms with E-state index >= 15 is 0 Å². The first-order valence-corrected chi connectivity index (χ1v) is 7.65. The van der Waals surface area contributed by atoms with E-state index < -0.39 is 6.10 Å². The first kappa shape index (κ1) is 12.8. The number of hydrogen-bond donors (Lipinski definition) is 1. The second-order valence-electron chi connectivity index (χ2n) is 5.20. The molecule has 1 aliphatic rings. The van der Waals surface area contributed by atoms with Crippen LogP contribution in [-0.4, -0.2) is 11.7 Å². The predicted octanol–water partition coefficient (Wildman–Crippen LogP) is 4.06. The summed E-state index contributed by atoms with van der Waals surface area (Å²) in [5.41, 5.74) is 1.99. The molecule has 0 amide bonds. The zero-order valence-electron chi connectivity index (χ0n) is 11.2. The van der Waals surface area contributed by atoms with Gasteiger partial charge in [0, 0.05) is 16.0 Å². The van der Waals surface area contributed by atoms with Gasteiger partial charge in [-0.05, 0) is 52.9 Å². The Kier molecular flexibility index (Phi) is 2.94. The Bertz CT molecular complexity index is 825. The van der Waals surface area contributed by atoms with Gasteiger partial charge in [-0.1, -0.05) is 6.07 Å². The molecule has 0 bridgehead atoms. The maximum Gasteiger partial charge on any atom is 0.123 e. The third-order valence-electron chi connectivity index (χ3n) is 3.80. The molecule has 1 N–H and O–H groups in total. The van der Waals surface area contributed by atoms with Crippen LogP contribution in [0.3, 0.4) is 0 Å². The molecule has 1 atom stereocenters. The molecule has 2 heterocycles. The Hall–Kier alpha value is -1.91. The quantitative estimate of drug-likeness (QED) is 0.773. The van der Waals surface area contributed by atoms with Gasteiger partial charge in [0.05, 0.1) is 6.61 Å². The van der Waals surface area contributed by atoms with Gasteiger partial charge in [-0.3, -0.25) is 0 Å². The fourth-order valence-corrected chi connectivity index (χ4v) is 3.77. The molecule has 0 spiro atoms. The number of aliphatic hydroxyl groups excluding tert-OH is 1. The van der Waals surface area contributed by atoms with Crippen LogP contribution in [0.2, 0.25) is 0 Å². The first-order valence-electron chi connectivity index (χ1n) is 6.83. The molecule has 0 saturated heterocycles. The van der Waals surface area contributed by atoms with Crippen LogP contribution in [0, 0.1) is 5.82 Å². The third-order valence-corrected chi connectivity index (χ3v) is 4.96. The molecule has 4 heteroatoms. The van der Waals surface area contributed by atoms with Crippen LogP contribution in [0.15, 0.2) is 42.5 Å². The minimum atomic E-state index is -0.684. The van der Waals surface area contributed by atoms with Crippen LogP contribution in [0.25, 0.3) is 10.1 Å². The van der Waals surface area contributed by atoms with Crippen LogP contribution in [0.1, 0.15) is 22.1 Å². The van der Waals surface area contributed by atoms with E-state index in [9.17, 15) is 9.50 Å². The summed E-state index contributed by atoms with van der Waals surface area (Å²) in [6.45, 7) is 0.705. The molecular formula is C17H13FO2S. The Balaban J connectivity index is 1.73. The highest BCUT2D eigenvalue weighted by atomic mass is 32.1. The van der Waals surface area contributed by atoms with Crippen molar-refractivity contribution in [3.05, 3.63) is 64.3 Å². The van der Waals surface area contributed by atoms with Crippen LogP contribution in [0.5, 0.6) is 5.75 Å². The Morgan fingerprint density at radius 1 is 1.14 bits per heavy atom. The summed E-state index contributed by atoms with van der Waals surface area (Å²) in [6.07, 6.45) is 0.199. The van der Waals surface area contributed by atoms with E-state index in [-0.39, 0.29) is 5.82 Å². The Morgan fingerprint density at radius 3 is 2.95 bits per heavy atom. The molecule has 106 valence electrons. The molecule has 0 radical (unpaired) electrons. The lowest BCUT2D eigenvalue weighted by Crippen LogP contribution is -1.97. The lowest BCUT2D eigenvalue weighted by atomic mass is 10.0. The first-order chi connectivity index (χ1) is 10.2. The average Bonchev–Trinajstić information content (AvgIpc) is 3.11. The lowest BCUT2D eigenvalue weighted by Gasteiger charge is -2.10. The summed E-state index contributed by atoms with van der Waals surface area (Å²) < 4.78 is 19.7. The van der Waals surface area contributed by atoms with E-state index in [1.807, 2.05) is 24.3 Å². The lowest BCUT2D eigenvalue weighted by molar-refractivity contribution is 0.224.